The van der Waals surface area contributed by atoms with Crippen LogP contribution in [0.25, 0.3) is 10.9 Å². The average Bonchev–Trinajstić information content (AvgIpc) is 3.36. The van der Waals surface area contributed by atoms with Crippen molar-refractivity contribution in [3.63, 3.8) is 0 Å². The molecule has 0 aliphatic heterocycles. The maximum atomic E-state index is 13.6. The minimum atomic E-state index is -1.45. The molecule has 2 aromatic carbocycles. The number of carboxylic acid groups (broad SMARTS) is 2. The summed E-state index contributed by atoms with van der Waals surface area (Å²) in [6.07, 6.45) is 1.29. The molecule has 0 saturated carbocycles. The molecule has 0 aliphatic carbocycles. The molecule has 42 heavy (non-hydrogen) atoms. The van der Waals surface area contributed by atoms with Crippen LogP contribution < -0.4 is 21.7 Å². The molecule has 4 unspecified atom stereocenters. The van der Waals surface area contributed by atoms with Gasteiger partial charge in [0.2, 0.25) is 17.7 Å². The Morgan fingerprint density at radius 3 is 2.10 bits per heavy atom. The summed E-state index contributed by atoms with van der Waals surface area (Å²) >= 11 is 0. The lowest BCUT2D eigenvalue weighted by Crippen LogP contribution is -2.59. The molecular formula is C30H37N5O7. The molecule has 224 valence electrons. The molecular weight excluding hydrogens is 542 g/mol. The van der Waals surface area contributed by atoms with Gasteiger partial charge in [-0.3, -0.25) is 19.2 Å². The lowest BCUT2D eigenvalue weighted by Gasteiger charge is -2.27. The summed E-state index contributed by atoms with van der Waals surface area (Å²) in [6.45, 7) is 3.33. The molecule has 3 aromatic rings. The van der Waals surface area contributed by atoms with E-state index >= 15 is 0 Å². The van der Waals surface area contributed by atoms with E-state index in [0.717, 1.165) is 22.0 Å². The molecule has 12 nitrogen and oxygen atoms in total. The van der Waals surface area contributed by atoms with E-state index in [0.29, 0.717) is 0 Å². The van der Waals surface area contributed by atoms with E-state index in [2.05, 4.69) is 20.9 Å². The number of hydrogen-bond acceptors (Lipinski definition) is 6. The SMILES string of the molecule is CC(C)C(NC(=O)C(Cc1c[nH]c2ccccc12)NC(=O)C(N)Cc1ccccc1)C(=O)NC(CCC(=O)O)C(=O)O. The summed E-state index contributed by atoms with van der Waals surface area (Å²) in [6, 6.07) is 12.0. The fourth-order valence-electron chi connectivity index (χ4n) is 4.54. The Morgan fingerprint density at radius 2 is 1.45 bits per heavy atom. The summed E-state index contributed by atoms with van der Waals surface area (Å²) in [5, 5.41) is 26.9. The first-order valence-electron chi connectivity index (χ1n) is 13.7. The van der Waals surface area contributed by atoms with Gasteiger partial charge in [-0.1, -0.05) is 62.4 Å². The highest BCUT2D eigenvalue weighted by atomic mass is 16.4. The third kappa shape index (κ3) is 8.90. The molecule has 1 heterocycles. The van der Waals surface area contributed by atoms with Crippen molar-refractivity contribution >= 4 is 40.6 Å². The normalized spacial score (nSPS) is 14.0. The van der Waals surface area contributed by atoms with Crippen LogP contribution in [0.1, 0.15) is 37.8 Å². The van der Waals surface area contributed by atoms with Gasteiger partial charge in [-0.15, -0.1) is 0 Å². The number of amides is 3. The van der Waals surface area contributed by atoms with E-state index in [1.165, 1.54) is 0 Å². The monoisotopic (exact) mass is 579 g/mol. The molecule has 4 atom stereocenters. The van der Waals surface area contributed by atoms with Gasteiger partial charge in [-0.25, -0.2) is 4.79 Å². The zero-order valence-electron chi connectivity index (χ0n) is 23.5. The number of para-hydroxylation sites is 1. The first kappa shape index (κ1) is 31.8. The number of carboxylic acids is 2. The molecule has 0 aliphatic rings. The number of rotatable bonds is 15. The number of nitrogens with one attached hydrogen (secondary N) is 4. The van der Waals surface area contributed by atoms with Crippen LogP contribution in [0.2, 0.25) is 0 Å². The van der Waals surface area contributed by atoms with Crippen LogP contribution in [-0.2, 0) is 36.8 Å². The number of hydrogen-bond donors (Lipinski definition) is 7. The van der Waals surface area contributed by atoms with Crippen molar-refractivity contribution in [1.29, 1.82) is 0 Å². The molecule has 3 rings (SSSR count). The molecule has 0 spiro atoms. The number of aromatic amines is 1. The Kier molecular flexibility index (Phi) is 11.2. The second-order valence-electron chi connectivity index (χ2n) is 10.5. The second kappa shape index (κ2) is 14.8. The third-order valence-corrected chi connectivity index (χ3v) is 6.88. The number of carbonyl (C=O) groups excluding carboxylic acids is 3. The standard InChI is InChI=1S/C30H37N5O7/c1-17(2)26(29(40)33-23(30(41)42)12-13-25(36)37)35-28(39)24(15-19-16-32-22-11-7-6-10-20(19)22)34-27(38)21(31)14-18-8-4-3-5-9-18/h3-11,16-17,21,23-24,26,32H,12-15,31H2,1-2H3,(H,33,40)(H,34,38)(H,35,39)(H,36,37)(H,41,42). The number of carbonyl (C=O) groups is 5. The summed E-state index contributed by atoms with van der Waals surface area (Å²) in [4.78, 5) is 65.5. The second-order valence-corrected chi connectivity index (χ2v) is 10.5. The van der Waals surface area contributed by atoms with Crippen molar-refractivity contribution in [2.24, 2.45) is 11.7 Å². The third-order valence-electron chi connectivity index (χ3n) is 6.88. The van der Waals surface area contributed by atoms with Crippen LogP contribution in [0.5, 0.6) is 0 Å². The zero-order chi connectivity index (χ0) is 30.8. The van der Waals surface area contributed by atoms with E-state index in [4.69, 9.17) is 10.8 Å². The van der Waals surface area contributed by atoms with E-state index in [1.54, 1.807) is 20.0 Å². The first-order chi connectivity index (χ1) is 20.0. The topological polar surface area (TPSA) is 204 Å². The number of aromatic nitrogens is 1. The fraction of sp³-hybridized carbons (Fsp3) is 0.367. The van der Waals surface area contributed by atoms with Crippen molar-refractivity contribution < 1.29 is 34.2 Å². The Labute approximate surface area is 243 Å². The predicted molar refractivity (Wildman–Crippen MR) is 155 cm³/mol. The number of benzene rings is 2. The van der Waals surface area contributed by atoms with Crippen molar-refractivity contribution in [2.75, 3.05) is 0 Å². The minimum Gasteiger partial charge on any atom is -0.481 e. The van der Waals surface area contributed by atoms with Crippen LogP contribution in [0.15, 0.2) is 60.8 Å². The quantitative estimate of drug-likeness (QED) is 0.140. The van der Waals surface area contributed by atoms with Crippen LogP contribution >= 0.6 is 0 Å². The molecule has 0 bridgehead atoms. The van der Waals surface area contributed by atoms with Crippen LogP contribution in [0, 0.1) is 5.92 Å². The van der Waals surface area contributed by atoms with Gasteiger partial charge in [0.05, 0.1) is 6.04 Å². The summed E-state index contributed by atoms with van der Waals surface area (Å²) in [5.41, 5.74) is 8.64. The first-order valence-corrected chi connectivity index (χ1v) is 13.7. The molecule has 1 aromatic heterocycles. The van der Waals surface area contributed by atoms with Crippen molar-refractivity contribution in [1.82, 2.24) is 20.9 Å². The van der Waals surface area contributed by atoms with Gasteiger partial charge in [0.1, 0.15) is 18.1 Å². The number of fused-ring (bicyclic) bond motifs is 1. The maximum absolute atomic E-state index is 13.6. The number of aliphatic carboxylic acids is 2. The Bertz CT molecular complexity index is 1410. The molecule has 3 amide bonds. The smallest absolute Gasteiger partial charge is 0.326 e. The van der Waals surface area contributed by atoms with Crippen LogP contribution in [0.3, 0.4) is 0 Å². The summed E-state index contributed by atoms with van der Waals surface area (Å²) in [5.74, 6) is -5.06. The number of H-pyrrole nitrogens is 1. The van der Waals surface area contributed by atoms with Gasteiger partial charge >= 0.3 is 11.9 Å². The van der Waals surface area contributed by atoms with E-state index in [-0.39, 0.29) is 19.3 Å². The predicted octanol–water partition coefficient (Wildman–Crippen LogP) is 1.34. The molecule has 0 fully saturated rings. The van der Waals surface area contributed by atoms with Gasteiger partial charge in [0.15, 0.2) is 0 Å². The number of nitrogens with two attached hydrogens (primary N) is 1. The van der Waals surface area contributed by atoms with Gasteiger partial charge in [-0.2, -0.15) is 0 Å². The Hall–Kier alpha value is -4.71. The van der Waals surface area contributed by atoms with Gasteiger partial charge in [0.25, 0.3) is 0 Å². The van der Waals surface area contributed by atoms with Gasteiger partial charge in [-0.05, 0) is 36.0 Å². The van der Waals surface area contributed by atoms with Gasteiger partial charge in [0, 0.05) is 29.9 Å². The van der Waals surface area contributed by atoms with Crippen molar-refractivity contribution in [2.45, 2.75) is 63.7 Å². The highest BCUT2D eigenvalue weighted by molar-refractivity contribution is 5.95. The van der Waals surface area contributed by atoms with E-state index in [1.807, 2.05) is 54.6 Å². The molecule has 0 saturated heterocycles. The Balaban J connectivity index is 1.80. The van der Waals surface area contributed by atoms with Crippen LogP contribution in [-0.4, -0.2) is 69.0 Å². The summed E-state index contributed by atoms with van der Waals surface area (Å²) in [7, 11) is 0. The average molecular weight is 580 g/mol. The maximum Gasteiger partial charge on any atom is 0.326 e. The zero-order valence-corrected chi connectivity index (χ0v) is 23.5. The fourth-order valence-corrected chi connectivity index (χ4v) is 4.54. The minimum absolute atomic E-state index is 0.0858. The highest BCUT2D eigenvalue weighted by Crippen LogP contribution is 2.19. The van der Waals surface area contributed by atoms with E-state index < -0.39 is 66.2 Å². The largest absolute Gasteiger partial charge is 0.481 e. The highest BCUT2D eigenvalue weighted by Gasteiger charge is 2.32. The van der Waals surface area contributed by atoms with Gasteiger partial charge < -0.3 is 36.9 Å². The molecule has 12 heteroatoms. The lowest BCUT2D eigenvalue weighted by molar-refractivity contribution is -0.143. The molecule has 0 radical (unpaired) electrons. The summed E-state index contributed by atoms with van der Waals surface area (Å²) < 4.78 is 0. The van der Waals surface area contributed by atoms with E-state index in [9.17, 15) is 29.1 Å². The Morgan fingerprint density at radius 1 is 0.810 bits per heavy atom. The lowest BCUT2D eigenvalue weighted by atomic mass is 9.99. The van der Waals surface area contributed by atoms with Crippen molar-refractivity contribution in [3.05, 3.63) is 71.9 Å². The van der Waals surface area contributed by atoms with Crippen LogP contribution in [0.4, 0.5) is 0 Å². The van der Waals surface area contributed by atoms with Crippen molar-refractivity contribution in [3.8, 4) is 0 Å². The molecule has 8 N–H and O–H groups in total.